The molecule has 0 saturated carbocycles. The van der Waals surface area contributed by atoms with Crippen LogP contribution >= 0.6 is 11.6 Å². The van der Waals surface area contributed by atoms with Crippen molar-refractivity contribution in [2.45, 2.75) is 0 Å². The summed E-state index contributed by atoms with van der Waals surface area (Å²) in [5, 5.41) is 11.4. The molecule has 1 aromatic carbocycles. The van der Waals surface area contributed by atoms with Crippen molar-refractivity contribution in [3.63, 3.8) is 0 Å². The summed E-state index contributed by atoms with van der Waals surface area (Å²) in [7, 11) is 1.52. The van der Waals surface area contributed by atoms with Gasteiger partial charge in [-0.05, 0) is 18.2 Å². The summed E-state index contributed by atoms with van der Waals surface area (Å²) in [4.78, 5) is 13.3. The minimum Gasteiger partial charge on any atom is -0.395 e. The van der Waals surface area contributed by atoms with Gasteiger partial charge in [-0.1, -0.05) is 11.6 Å². The molecule has 0 spiro atoms. The number of aliphatic hydroxyl groups is 1. The first-order chi connectivity index (χ1) is 9.08. The van der Waals surface area contributed by atoms with Gasteiger partial charge in [-0.15, -0.1) is 0 Å². The lowest BCUT2D eigenvalue weighted by Crippen LogP contribution is -2.39. The van der Waals surface area contributed by atoms with E-state index < -0.39 is 11.8 Å². The van der Waals surface area contributed by atoms with Crippen molar-refractivity contribution in [2.75, 3.05) is 38.7 Å². The number of carbonyl (C=O) groups excluding carboxylic acids is 1. The average Bonchev–Trinajstić information content (AvgIpc) is 2.38. The molecule has 106 valence electrons. The van der Waals surface area contributed by atoms with Gasteiger partial charge in [0.2, 0.25) is 0 Å². The zero-order valence-electron chi connectivity index (χ0n) is 10.5. The predicted octanol–water partition coefficient (Wildman–Crippen LogP) is 1.95. The number of nitrogens with one attached hydrogen (secondary N) is 1. The van der Waals surface area contributed by atoms with Crippen LogP contribution in [0.1, 0.15) is 0 Å². The zero-order chi connectivity index (χ0) is 14.3. The fourth-order valence-corrected chi connectivity index (χ4v) is 1.53. The number of carbonyl (C=O) groups is 1. The van der Waals surface area contributed by atoms with Gasteiger partial charge in [0.25, 0.3) is 0 Å². The lowest BCUT2D eigenvalue weighted by molar-refractivity contribution is 0.142. The molecule has 0 atom stereocenters. The highest BCUT2D eigenvalue weighted by Gasteiger charge is 2.13. The third kappa shape index (κ3) is 5.02. The first-order valence-corrected chi connectivity index (χ1v) is 6.07. The van der Waals surface area contributed by atoms with E-state index in [-0.39, 0.29) is 18.2 Å². The molecule has 0 saturated heterocycles. The van der Waals surface area contributed by atoms with Gasteiger partial charge in [0, 0.05) is 25.9 Å². The van der Waals surface area contributed by atoms with Gasteiger partial charge in [-0.25, -0.2) is 9.18 Å². The average molecular weight is 291 g/mol. The fourth-order valence-electron chi connectivity index (χ4n) is 1.41. The summed E-state index contributed by atoms with van der Waals surface area (Å²) in [6.07, 6.45) is 0. The summed E-state index contributed by atoms with van der Waals surface area (Å²) >= 11 is 5.55. The van der Waals surface area contributed by atoms with Crippen LogP contribution in [0.25, 0.3) is 0 Å². The van der Waals surface area contributed by atoms with E-state index in [0.717, 1.165) is 6.07 Å². The Bertz CT molecular complexity index is 431. The fraction of sp³-hybridized carbons (Fsp3) is 0.417. The maximum absolute atomic E-state index is 13.2. The van der Waals surface area contributed by atoms with E-state index in [2.05, 4.69) is 5.32 Å². The van der Waals surface area contributed by atoms with E-state index in [9.17, 15) is 9.18 Å². The van der Waals surface area contributed by atoms with Crippen molar-refractivity contribution in [1.29, 1.82) is 0 Å². The summed E-state index contributed by atoms with van der Waals surface area (Å²) in [5.41, 5.74) is 0.298. The third-order valence-electron chi connectivity index (χ3n) is 2.39. The highest BCUT2D eigenvalue weighted by atomic mass is 35.5. The number of ether oxygens (including phenoxy) is 1. The van der Waals surface area contributed by atoms with Crippen LogP contribution in [0.5, 0.6) is 0 Å². The van der Waals surface area contributed by atoms with Gasteiger partial charge >= 0.3 is 6.03 Å². The Morgan fingerprint density at radius 1 is 1.53 bits per heavy atom. The van der Waals surface area contributed by atoms with Crippen LogP contribution in [-0.2, 0) is 4.74 Å². The van der Waals surface area contributed by atoms with Crippen molar-refractivity contribution in [2.24, 2.45) is 0 Å². The van der Waals surface area contributed by atoms with E-state index in [1.54, 1.807) is 0 Å². The monoisotopic (exact) mass is 290 g/mol. The Labute approximate surface area is 115 Å². The van der Waals surface area contributed by atoms with E-state index in [4.69, 9.17) is 21.4 Å². The highest BCUT2D eigenvalue weighted by molar-refractivity contribution is 6.30. The molecule has 0 unspecified atom stereocenters. The molecule has 0 aliphatic rings. The third-order valence-corrected chi connectivity index (χ3v) is 2.70. The molecule has 1 aromatic rings. The van der Waals surface area contributed by atoms with Crippen LogP contribution in [0.3, 0.4) is 0 Å². The Kier molecular flexibility index (Phi) is 6.55. The topological polar surface area (TPSA) is 61.8 Å². The van der Waals surface area contributed by atoms with E-state index in [1.165, 1.54) is 24.1 Å². The van der Waals surface area contributed by atoms with Gasteiger partial charge < -0.3 is 20.1 Å². The van der Waals surface area contributed by atoms with Crippen molar-refractivity contribution < 1.29 is 19.0 Å². The molecule has 0 fully saturated rings. The molecule has 0 radical (unpaired) electrons. The molecule has 19 heavy (non-hydrogen) atoms. The zero-order valence-corrected chi connectivity index (χ0v) is 11.3. The molecule has 0 aliphatic heterocycles. The first kappa shape index (κ1) is 15.7. The van der Waals surface area contributed by atoms with Crippen LogP contribution in [0, 0.1) is 5.82 Å². The Hall–Kier alpha value is -1.37. The van der Waals surface area contributed by atoms with Crippen LogP contribution in [0.2, 0.25) is 5.02 Å². The number of nitrogens with zero attached hydrogens (tertiary/aromatic N) is 1. The summed E-state index contributed by atoms with van der Waals surface area (Å²) in [6, 6.07) is 3.55. The van der Waals surface area contributed by atoms with Crippen LogP contribution in [0.15, 0.2) is 18.2 Å². The van der Waals surface area contributed by atoms with Gasteiger partial charge in [0.1, 0.15) is 5.82 Å². The van der Waals surface area contributed by atoms with Crippen molar-refractivity contribution >= 4 is 23.3 Å². The molecule has 5 nitrogen and oxygen atoms in total. The highest BCUT2D eigenvalue weighted by Crippen LogP contribution is 2.18. The molecule has 1 rings (SSSR count). The standard InChI is InChI=1S/C12H16ClFN2O3/c1-19-7-5-16(4-6-17)12(18)15-9-2-3-10(13)11(14)8-9/h2-3,8,17H,4-7H2,1H3,(H,15,18). The van der Waals surface area contributed by atoms with Gasteiger partial charge in [0.15, 0.2) is 0 Å². The number of hydrogen-bond acceptors (Lipinski definition) is 3. The number of methoxy groups -OCH3 is 1. The normalized spacial score (nSPS) is 10.3. The van der Waals surface area contributed by atoms with Crippen LogP contribution < -0.4 is 5.32 Å². The number of urea groups is 1. The molecular formula is C12H16ClFN2O3. The maximum atomic E-state index is 13.2. The van der Waals surface area contributed by atoms with Crippen molar-refractivity contribution in [3.05, 3.63) is 29.0 Å². The molecule has 0 aliphatic carbocycles. The number of aliphatic hydroxyl groups excluding tert-OH is 1. The van der Waals surface area contributed by atoms with Crippen LogP contribution in [-0.4, -0.2) is 49.5 Å². The van der Waals surface area contributed by atoms with E-state index >= 15 is 0 Å². The van der Waals surface area contributed by atoms with Gasteiger partial charge in [-0.2, -0.15) is 0 Å². The number of rotatable bonds is 6. The summed E-state index contributed by atoms with van der Waals surface area (Å²) in [6.45, 7) is 0.693. The lowest BCUT2D eigenvalue weighted by Gasteiger charge is -2.21. The minimum absolute atomic E-state index is 0.00963. The smallest absolute Gasteiger partial charge is 0.322 e. The molecule has 0 heterocycles. The summed E-state index contributed by atoms with van der Waals surface area (Å²) in [5.74, 6) is -0.606. The van der Waals surface area contributed by atoms with Gasteiger partial charge in [-0.3, -0.25) is 0 Å². The second-order valence-electron chi connectivity index (χ2n) is 3.76. The largest absolute Gasteiger partial charge is 0.395 e. The second kappa shape index (κ2) is 7.93. The molecular weight excluding hydrogens is 275 g/mol. The van der Waals surface area contributed by atoms with E-state index in [1.807, 2.05) is 0 Å². The quantitative estimate of drug-likeness (QED) is 0.842. The Morgan fingerprint density at radius 3 is 2.84 bits per heavy atom. The van der Waals surface area contributed by atoms with E-state index in [0.29, 0.717) is 18.8 Å². The van der Waals surface area contributed by atoms with Crippen LogP contribution in [0.4, 0.5) is 14.9 Å². The number of amides is 2. The van der Waals surface area contributed by atoms with Crippen molar-refractivity contribution in [3.8, 4) is 0 Å². The number of halogens is 2. The molecule has 0 aromatic heterocycles. The first-order valence-electron chi connectivity index (χ1n) is 5.69. The SMILES string of the molecule is COCCN(CCO)C(=O)Nc1ccc(Cl)c(F)c1. The van der Waals surface area contributed by atoms with Gasteiger partial charge in [0.05, 0.1) is 18.2 Å². The predicted molar refractivity (Wildman–Crippen MR) is 71.0 cm³/mol. The second-order valence-corrected chi connectivity index (χ2v) is 4.17. The maximum Gasteiger partial charge on any atom is 0.322 e. The molecule has 2 amide bonds. The molecule has 2 N–H and O–H groups in total. The summed E-state index contributed by atoms with van der Waals surface area (Å²) < 4.78 is 18.1. The lowest BCUT2D eigenvalue weighted by atomic mass is 10.3. The van der Waals surface area contributed by atoms with Crippen molar-refractivity contribution in [1.82, 2.24) is 4.90 Å². The Morgan fingerprint density at radius 2 is 2.26 bits per heavy atom. The number of benzene rings is 1. The minimum atomic E-state index is -0.606. The Balaban J connectivity index is 2.66. The number of hydrogen-bond donors (Lipinski definition) is 2. The molecule has 0 bridgehead atoms. The molecule has 7 heteroatoms. The number of anilines is 1.